The summed E-state index contributed by atoms with van der Waals surface area (Å²) < 4.78 is 122. The second-order valence-electron chi connectivity index (χ2n) is 10.1. The van der Waals surface area contributed by atoms with Gasteiger partial charge in [-0.15, -0.1) is 0 Å². The minimum absolute atomic E-state index is 0.136. The predicted molar refractivity (Wildman–Crippen MR) is 149 cm³/mol. The Bertz CT molecular complexity index is 1790. The second kappa shape index (κ2) is 11.3. The molecule has 18 heteroatoms. The van der Waals surface area contributed by atoms with Crippen molar-refractivity contribution in [2.75, 3.05) is 10.6 Å². The van der Waals surface area contributed by atoms with Gasteiger partial charge >= 0.3 is 35.5 Å². The maximum absolute atomic E-state index is 14.8. The van der Waals surface area contributed by atoms with Gasteiger partial charge in [0, 0.05) is 14.1 Å². The molecule has 0 aliphatic rings. The number of aromatic nitrogens is 4. The van der Waals surface area contributed by atoms with Crippen LogP contribution in [0, 0.1) is 13.8 Å². The number of carbonyl (C=O) groups excluding carboxylic acids is 2. The quantitative estimate of drug-likeness (QED) is 0.260. The number of halogens is 8. The zero-order chi connectivity index (χ0) is 34.6. The topological polar surface area (TPSA) is 112 Å². The zero-order valence-corrected chi connectivity index (χ0v) is 24.2. The number of amides is 2. The molecule has 2 heterocycles. The molecule has 0 aliphatic carbocycles. The summed E-state index contributed by atoms with van der Waals surface area (Å²) >= 11 is 0. The van der Waals surface area contributed by atoms with E-state index in [0.29, 0.717) is 0 Å². The average Bonchev–Trinajstić information content (AvgIpc) is 3.35. The molecule has 2 aromatic heterocycles. The van der Waals surface area contributed by atoms with Crippen molar-refractivity contribution >= 4 is 23.2 Å². The second-order valence-corrected chi connectivity index (χ2v) is 10.1. The van der Waals surface area contributed by atoms with Crippen molar-refractivity contribution in [3.05, 3.63) is 92.8 Å². The van der Waals surface area contributed by atoms with E-state index in [9.17, 15) is 54.3 Å². The fourth-order valence-corrected chi connectivity index (χ4v) is 4.49. The molecule has 4 aromatic rings. The first kappa shape index (κ1) is 33.7. The Labute approximate surface area is 253 Å². The van der Waals surface area contributed by atoms with E-state index in [2.05, 4.69) is 0 Å². The van der Waals surface area contributed by atoms with E-state index in [-0.39, 0.29) is 22.8 Å². The smallest absolute Gasteiger partial charge is 0.314 e. The first-order chi connectivity index (χ1) is 21.2. The standard InChI is InChI=1S/C28H24F8N6O4/c1-15-19(21(43)41(39(15)3)17-11-7-5-8-12-17)37-23(45)25(29,30)27(33,34)28(35,36)26(31,32)24(46)38-20-16(2)40(4)42(22(20)44)18-13-9-6-10-14-18/h5-14H,1-4H3,(H,37,45)(H,38,46). The van der Waals surface area contributed by atoms with E-state index in [0.717, 1.165) is 43.2 Å². The van der Waals surface area contributed by atoms with Gasteiger partial charge < -0.3 is 10.6 Å². The van der Waals surface area contributed by atoms with Gasteiger partial charge in [-0.2, -0.15) is 35.1 Å². The van der Waals surface area contributed by atoms with Crippen molar-refractivity contribution in [2.45, 2.75) is 37.5 Å². The van der Waals surface area contributed by atoms with E-state index in [1.54, 1.807) is 12.1 Å². The lowest BCUT2D eigenvalue weighted by Crippen LogP contribution is -2.68. The highest BCUT2D eigenvalue weighted by Gasteiger charge is 2.84. The summed E-state index contributed by atoms with van der Waals surface area (Å²) in [7, 11) is 2.45. The molecule has 246 valence electrons. The fourth-order valence-electron chi connectivity index (χ4n) is 4.49. The largest absolute Gasteiger partial charge is 0.393 e. The van der Waals surface area contributed by atoms with Gasteiger partial charge in [0.2, 0.25) is 0 Å². The number of hydrogen-bond acceptors (Lipinski definition) is 4. The van der Waals surface area contributed by atoms with Crippen LogP contribution >= 0.6 is 0 Å². The van der Waals surface area contributed by atoms with Crippen LogP contribution in [0.1, 0.15) is 11.4 Å². The van der Waals surface area contributed by atoms with Gasteiger partial charge in [-0.25, -0.2) is 9.36 Å². The minimum atomic E-state index is -7.22. The first-order valence-corrected chi connectivity index (χ1v) is 13.0. The summed E-state index contributed by atoms with van der Waals surface area (Å²) in [6.07, 6.45) is 0. The van der Waals surface area contributed by atoms with Crippen molar-refractivity contribution in [3.63, 3.8) is 0 Å². The maximum atomic E-state index is 14.8. The highest BCUT2D eigenvalue weighted by Crippen LogP contribution is 2.53. The molecule has 46 heavy (non-hydrogen) atoms. The van der Waals surface area contributed by atoms with Crippen molar-refractivity contribution in [1.82, 2.24) is 18.7 Å². The number of hydrogen-bond donors (Lipinski definition) is 2. The van der Waals surface area contributed by atoms with Gasteiger partial charge in [0.05, 0.1) is 22.8 Å². The summed E-state index contributed by atoms with van der Waals surface area (Å²) in [5.74, 6) is -34.1. The van der Waals surface area contributed by atoms with Crippen LogP contribution in [0.25, 0.3) is 11.4 Å². The molecule has 0 unspecified atom stereocenters. The van der Waals surface area contributed by atoms with Crippen LogP contribution in [0.5, 0.6) is 0 Å². The predicted octanol–water partition coefficient (Wildman–Crippen LogP) is 4.40. The monoisotopic (exact) mass is 660 g/mol. The van der Waals surface area contributed by atoms with E-state index in [1.807, 2.05) is 0 Å². The Kier molecular flexibility index (Phi) is 8.31. The van der Waals surface area contributed by atoms with Crippen LogP contribution in [-0.2, 0) is 23.7 Å². The number of para-hydroxylation sites is 2. The van der Waals surface area contributed by atoms with Crippen molar-refractivity contribution in [1.29, 1.82) is 0 Å². The van der Waals surface area contributed by atoms with Gasteiger partial charge in [0.25, 0.3) is 11.1 Å². The maximum Gasteiger partial charge on any atom is 0.393 e. The summed E-state index contributed by atoms with van der Waals surface area (Å²) in [5, 5.41) is 2.28. The first-order valence-electron chi connectivity index (χ1n) is 13.0. The molecule has 0 aliphatic heterocycles. The van der Waals surface area contributed by atoms with Crippen LogP contribution in [0.3, 0.4) is 0 Å². The van der Waals surface area contributed by atoms with Gasteiger partial charge in [-0.1, -0.05) is 36.4 Å². The number of carbonyl (C=O) groups is 2. The molecule has 0 fully saturated rings. The van der Waals surface area contributed by atoms with Gasteiger partial charge in [-0.3, -0.25) is 28.5 Å². The molecule has 4 rings (SSSR count). The molecule has 2 N–H and O–H groups in total. The van der Waals surface area contributed by atoms with Crippen LogP contribution in [0.4, 0.5) is 46.5 Å². The van der Waals surface area contributed by atoms with Crippen LogP contribution in [0.15, 0.2) is 70.3 Å². The summed E-state index contributed by atoms with van der Waals surface area (Å²) in [4.78, 5) is 50.4. The molecule has 0 bridgehead atoms. The van der Waals surface area contributed by atoms with E-state index < -0.39 is 58.0 Å². The third kappa shape index (κ3) is 4.96. The summed E-state index contributed by atoms with van der Waals surface area (Å²) in [6, 6.07) is 14.6. The van der Waals surface area contributed by atoms with Crippen molar-refractivity contribution in [3.8, 4) is 11.4 Å². The molecule has 0 atom stereocenters. The molecule has 0 radical (unpaired) electrons. The van der Waals surface area contributed by atoms with Gasteiger partial charge in [0.1, 0.15) is 11.4 Å². The van der Waals surface area contributed by atoms with Crippen molar-refractivity contribution < 1.29 is 44.7 Å². The third-order valence-electron chi connectivity index (χ3n) is 7.34. The summed E-state index contributed by atoms with van der Waals surface area (Å²) in [5.41, 5.74) is -4.87. The average molecular weight is 661 g/mol. The van der Waals surface area contributed by atoms with E-state index in [4.69, 9.17) is 0 Å². The van der Waals surface area contributed by atoms with Crippen LogP contribution in [-0.4, -0.2) is 54.2 Å². The third-order valence-corrected chi connectivity index (χ3v) is 7.34. The number of rotatable bonds is 9. The molecule has 10 nitrogen and oxygen atoms in total. The van der Waals surface area contributed by atoms with Gasteiger partial charge in [0.15, 0.2) is 0 Å². The Morgan fingerprint density at radius 3 is 1.13 bits per heavy atom. The number of nitrogens with one attached hydrogen (secondary N) is 2. The highest BCUT2D eigenvalue weighted by molar-refractivity contribution is 5.99. The molecular formula is C28H24F8N6O4. The Morgan fingerprint density at radius 2 is 0.848 bits per heavy atom. The lowest BCUT2D eigenvalue weighted by molar-refractivity contribution is -0.345. The van der Waals surface area contributed by atoms with Crippen molar-refractivity contribution in [2.24, 2.45) is 14.1 Å². The SMILES string of the molecule is Cc1c(NC(=O)C(F)(F)C(F)(F)C(F)(F)C(F)(F)C(=O)Nc2c(C)n(C)n(-c3ccccc3)c2=O)c(=O)n(-c2ccccc2)n1C. The van der Waals surface area contributed by atoms with Crippen LogP contribution < -0.4 is 21.8 Å². The molecule has 2 amide bonds. The number of anilines is 2. The lowest BCUT2D eigenvalue weighted by atomic mass is 9.97. The number of benzene rings is 2. The lowest BCUT2D eigenvalue weighted by Gasteiger charge is -2.35. The molecule has 2 aromatic carbocycles. The molecule has 0 spiro atoms. The van der Waals surface area contributed by atoms with E-state index >= 15 is 0 Å². The molecular weight excluding hydrogens is 636 g/mol. The Balaban J connectivity index is 1.65. The molecule has 0 saturated carbocycles. The number of alkyl halides is 8. The zero-order valence-electron chi connectivity index (χ0n) is 24.2. The molecule has 0 saturated heterocycles. The highest BCUT2D eigenvalue weighted by atomic mass is 19.4. The minimum Gasteiger partial charge on any atom is -0.314 e. The van der Waals surface area contributed by atoms with Crippen LogP contribution in [0.2, 0.25) is 0 Å². The summed E-state index contributed by atoms with van der Waals surface area (Å²) in [6.45, 7) is 2.19. The number of nitrogens with zero attached hydrogens (tertiary/aromatic N) is 4. The van der Waals surface area contributed by atoms with E-state index in [1.165, 1.54) is 62.6 Å². The fraction of sp³-hybridized carbons (Fsp3) is 0.286. The Hall–Kier alpha value is -5.16. The normalized spacial score (nSPS) is 12.7. The van der Waals surface area contributed by atoms with Gasteiger partial charge in [-0.05, 0) is 38.1 Å². The Morgan fingerprint density at radius 1 is 0.565 bits per heavy atom.